The molecule has 37 heavy (non-hydrogen) atoms. The Bertz CT molecular complexity index is 1460. The molecule has 2 heterocycles. The average Bonchev–Trinajstić information content (AvgIpc) is 3.62. The summed E-state index contributed by atoms with van der Waals surface area (Å²) in [6, 6.07) is 42.5. The number of benzene rings is 4. The number of ether oxygens (including phenoxy) is 1. The molecule has 1 aliphatic heterocycles. The van der Waals surface area contributed by atoms with Crippen molar-refractivity contribution in [1.29, 1.82) is 0 Å². The molecular weight excluding hydrogens is 474 g/mol. The van der Waals surface area contributed by atoms with Gasteiger partial charge in [-0.25, -0.2) is 4.99 Å². The van der Waals surface area contributed by atoms with Crippen LogP contribution in [0.2, 0.25) is 0 Å². The van der Waals surface area contributed by atoms with E-state index >= 15 is 0 Å². The molecule has 0 bridgehead atoms. The predicted molar refractivity (Wildman–Crippen MR) is 151 cm³/mol. The quantitative estimate of drug-likeness (QED) is 0.259. The van der Waals surface area contributed by atoms with Crippen LogP contribution in [0.25, 0.3) is 10.4 Å². The van der Waals surface area contributed by atoms with Gasteiger partial charge >= 0.3 is 0 Å². The lowest BCUT2D eigenvalue weighted by atomic mass is 9.80. The van der Waals surface area contributed by atoms with Gasteiger partial charge in [-0.15, -0.1) is 11.3 Å². The van der Waals surface area contributed by atoms with Crippen LogP contribution in [0.15, 0.2) is 132 Å². The molecule has 1 atom stereocenters. The third kappa shape index (κ3) is 4.62. The molecule has 0 saturated carbocycles. The molecule has 4 heteroatoms. The number of thiophene rings is 1. The summed E-state index contributed by atoms with van der Waals surface area (Å²) in [4.78, 5) is 6.94. The maximum Gasteiger partial charge on any atom is 0.227 e. The summed E-state index contributed by atoms with van der Waals surface area (Å²) >= 11 is 1.62. The summed E-state index contributed by atoms with van der Waals surface area (Å²) in [6.07, 6.45) is 0.818. The lowest BCUT2D eigenvalue weighted by Gasteiger charge is -2.30. The number of nitrogens with zero attached hydrogens (tertiary/aromatic N) is 1. The fraction of sp³-hybridized carbons (Fsp3) is 0.121. The summed E-state index contributed by atoms with van der Waals surface area (Å²) in [6.45, 7) is 0.525. The van der Waals surface area contributed by atoms with E-state index in [2.05, 4.69) is 42.5 Å². The van der Waals surface area contributed by atoms with E-state index < -0.39 is 5.60 Å². The molecule has 0 spiro atoms. The monoisotopic (exact) mass is 501 g/mol. The van der Waals surface area contributed by atoms with Crippen LogP contribution in [0.5, 0.6) is 0 Å². The molecule has 1 N–H and O–H groups in total. The maximum atomic E-state index is 12.6. The number of aliphatic imine (C=N–C) groups is 1. The summed E-state index contributed by atoms with van der Waals surface area (Å²) < 4.78 is 6.23. The Hall–Kier alpha value is -3.99. The Morgan fingerprint density at radius 1 is 0.757 bits per heavy atom. The Labute approximate surface area is 221 Å². The van der Waals surface area contributed by atoms with Crippen molar-refractivity contribution in [1.82, 2.24) is 0 Å². The first-order valence-electron chi connectivity index (χ1n) is 12.5. The van der Waals surface area contributed by atoms with E-state index in [1.807, 2.05) is 84.9 Å². The van der Waals surface area contributed by atoms with Crippen LogP contribution in [0.1, 0.15) is 27.1 Å². The highest BCUT2D eigenvalue weighted by molar-refractivity contribution is 7.17. The fourth-order valence-corrected chi connectivity index (χ4v) is 6.10. The lowest BCUT2D eigenvalue weighted by Crippen LogP contribution is -2.30. The van der Waals surface area contributed by atoms with Crippen molar-refractivity contribution in [2.24, 2.45) is 4.99 Å². The van der Waals surface area contributed by atoms with Crippen molar-refractivity contribution < 1.29 is 9.84 Å². The molecule has 182 valence electrons. The standard InChI is InChI=1S/C33H27NO2S/c35-33(26-17-9-3-10-18-26,27-19-11-4-12-20-27)29-22-30(25-15-7-2-8-16-25)37-31(29)32-34-28(23-36-32)21-24-13-5-1-6-14-24/h1-20,22,28,35H,21,23H2/t28-/m0/s1. The van der Waals surface area contributed by atoms with E-state index in [0.717, 1.165) is 38.4 Å². The predicted octanol–water partition coefficient (Wildman–Crippen LogP) is 7.09. The topological polar surface area (TPSA) is 41.8 Å². The molecule has 4 aromatic carbocycles. The fourth-order valence-electron chi connectivity index (χ4n) is 4.93. The van der Waals surface area contributed by atoms with Gasteiger partial charge in [-0.1, -0.05) is 121 Å². The maximum absolute atomic E-state index is 12.6. The van der Waals surface area contributed by atoms with Crippen LogP contribution in [0, 0.1) is 0 Å². The second-order valence-electron chi connectivity index (χ2n) is 9.25. The summed E-state index contributed by atoms with van der Waals surface area (Å²) in [5, 5.41) is 12.6. The first-order chi connectivity index (χ1) is 18.2. The van der Waals surface area contributed by atoms with Crippen LogP contribution in [-0.2, 0) is 16.8 Å². The van der Waals surface area contributed by atoms with Crippen molar-refractivity contribution in [3.05, 3.63) is 155 Å². The van der Waals surface area contributed by atoms with E-state index in [0.29, 0.717) is 12.5 Å². The van der Waals surface area contributed by atoms with E-state index in [9.17, 15) is 5.11 Å². The second-order valence-corrected chi connectivity index (χ2v) is 10.3. The van der Waals surface area contributed by atoms with Crippen molar-refractivity contribution in [3.8, 4) is 10.4 Å². The number of rotatable bonds is 7. The first-order valence-corrected chi connectivity index (χ1v) is 13.3. The van der Waals surface area contributed by atoms with E-state index in [1.165, 1.54) is 5.56 Å². The molecule has 0 aliphatic carbocycles. The van der Waals surface area contributed by atoms with Gasteiger partial charge in [0.1, 0.15) is 12.2 Å². The molecule has 0 radical (unpaired) electrons. The highest BCUT2D eigenvalue weighted by Gasteiger charge is 2.39. The van der Waals surface area contributed by atoms with Gasteiger partial charge in [0.05, 0.1) is 10.9 Å². The number of hydrogen-bond donors (Lipinski definition) is 1. The Morgan fingerprint density at radius 2 is 1.30 bits per heavy atom. The molecule has 0 unspecified atom stereocenters. The molecule has 1 aromatic heterocycles. The highest BCUT2D eigenvalue weighted by atomic mass is 32.1. The van der Waals surface area contributed by atoms with Gasteiger partial charge in [0.15, 0.2) is 0 Å². The van der Waals surface area contributed by atoms with Gasteiger partial charge in [-0.3, -0.25) is 0 Å². The minimum absolute atomic E-state index is 0.0362. The molecule has 6 rings (SSSR count). The molecule has 0 fully saturated rings. The van der Waals surface area contributed by atoms with Crippen molar-refractivity contribution in [2.45, 2.75) is 18.1 Å². The van der Waals surface area contributed by atoms with Crippen LogP contribution < -0.4 is 0 Å². The summed E-state index contributed by atoms with van der Waals surface area (Å²) in [5.41, 5.74) is 3.36. The average molecular weight is 502 g/mol. The van der Waals surface area contributed by atoms with E-state index in [4.69, 9.17) is 9.73 Å². The molecule has 0 amide bonds. The van der Waals surface area contributed by atoms with Gasteiger partial charge in [0.2, 0.25) is 5.90 Å². The summed E-state index contributed by atoms with van der Waals surface area (Å²) in [7, 11) is 0. The zero-order chi connectivity index (χ0) is 25.1. The molecular formula is C33H27NO2S. The minimum Gasteiger partial charge on any atom is -0.475 e. The van der Waals surface area contributed by atoms with Gasteiger partial charge < -0.3 is 9.84 Å². The van der Waals surface area contributed by atoms with Crippen LogP contribution in [0.4, 0.5) is 0 Å². The lowest BCUT2D eigenvalue weighted by molar-refractivity contribution is 0.126. The van der Waals surface area contributed by atoms with Crippen LogP contribution in [0.3, 0.4) is 0 Å². The third-order valence-corrected chi connectivity index (χ3v) is 7.96. The highest BCUT2D eigenvalue weighted by Crippen LogP contribution is 2.44. The van der Waals surface area contributed by atoms with Crippen LogP contribution >= 0.6 is 11.3 Å². The Balaban J connectivity index is 1.50. The second kappa shape index (κ2) is 10.2. The van der Waals surface area contributed by atoms with Crippen molar-refractivity contribution in [3.63, 3.8) is 0 Å². The summed E-state index contributed by atoms with van der Waals surface area (Å²) in [5.74, 6) is 0.605. The van der Waals surface area contributed by atoms with Crippen molar-refractivity contribution in [2.75, 3.05) is 6.61 Å². The third-order valence-electron chi connectivity index (χ3n) is 6.78. The minimum atomic E-state index is -1.37. The first kappa shape index (κ1) is 23.4. The zero-order valence-corrected chi connectivity index (χ0v) is 21.1. The van der Waals surface area contributed by atoms with E-state index in [-0.39, 0.29) is 6.04 Å². The number of aliphatic hydroxyl groups is 1. The van der Waals surface area contributed by atoms with Gasteiger partial charge in [-0.2, -0.15) is 0 Å². The normalized spacial score (nSPS) is 15.3. The Morgan fingerprint density at radius 3 is 1.89 bits per heavy atom. The van der Waals surface area contributed by atoms with Crippen LogP contribution in [-0.4, -0.2) is 23.7 Å². The molecule has 5 aromatic rings. The molecule has 0 saturated heterocycles. The van der Waals surface area contributed by atoms with Gasteiger partial charge in [0.25, 0.3) is 0 Å². The SMILES string of the molecule is OC(c1ccccc1)(c1ccccc1)c1cc(-c2ccccc2)sc1C1=N[C@@H](Cc2ccccc2)CO1. The number of hydrogen-bond acceptors (Lipinski definition) is 4. The Kier molecular flexibility index (Phi) is 6.44. The van der Waals surface area contributed by atoms with E-state index in [1.54, 1.807) is 11.3 Å². The zero-order valence-electron chi connectivity index (χ0n) is 20.3. The molecule has 1 aliphatic rings. The van der Waals surface area contributed by atoms with Gasteiger partial charge in [-0.05, 0) is 34.7 Å². The smallest absolute Gasteiger partial charge is 0.227 e. The van der Waals surface area contributed by atoms with Gasteiger partial charge in [0, 0.05) is 10.4 Å². The molecule has 3 nitrogen and oxygen atoms in total. The van der Waals surface area contributed by atoms with Crippen molar-refractivity contribution >= 4 is 17.2 Å². The largest absolute Gasteiger partial charge is 0.475 e.